The molecule has 1 aromatic carbocycles. The van der Waals surface area contributed by atoms with Gasteiger partial charge in [0.05, 0.1) is 0 Å². The number of halogens is 2. The molecule has 0 fully saturated rings. The molecule has 0 saturated carbocycles. The zero-order valence-corrected chi connectivity index (χ0v) is 10.4. The predicted octanol–water partition coefficient (Wildman–Crippen LogP) is 3.70. The number of hydrogen-bond donors (Lipinski definition) is 0. The quantitative estimate of drug-likeness (QED) is 0.605. The molecule has 0 saturated heterocycles. The van der Waals surface area contributed by atoms with Crippen LogP contribution in [0.25, 0.3) is 0 Å². The van der Waals surface area contributed by atoms with E-state index in [1.54, 1.807) is 0 Å². The fourth-order valence-corrected chi connectivity index (χ4v) is 1.87. The van der Waals surface area contributed by atoms with Crippen molar-refractivity contribution in [2.45, 2.75) is 19.2 Å². The van der Waals surface area contributed by atoms with Crippen molar-refractivity contribution < 1.29 is 4.79 Å². The van der Waals surface area contributed by atoms with Gasteiger partial charge in [0.25, 0.3) is 0 Å². The minimum atomic E-state index is 0.160. The van der Waals surface area contributed by atoms with E-state index < -0.39 is 0 Å². The van der Waals surface area contributed by atoms with Gasteiger partial charge < -0.3 is 0 Å². The summed E-state index contributed by atoms with van der Waals surface area (Å²) in [5.41, 5.74) is 2.92. The predicted molar refractivity (Wildman–Crippen MR) is 63.5 cm³/mol. The molecule has 0 atom stereocenters. The lowest BCUT2D eigenvalue weighted by molar-refractivity contribution is 0.0990. The Labute approximate surface area is 97.6 Å². The summed E-state index contributed by atoms with van der Waals surface area (Å²) in [5.74, 6) is 0.620. The second-order valence-electron chi connectivity index (χ2n) is 3.14. The van der Waals surface area contributed by atoms with Crippen LogP contribution < -0.4 is 0 Å². The van der Waals surface area contributed by atoms with E-state index in [0.29, 0.717) is 17.6 Å². The number of benzene rings is 1. The van der Waals surface area contributed by atoms with Gasteiger partial charge in [0.1, 0.15) is 0 Å². The van der Waals surface area contributed by atoms with Crippen LogP contribution in [0.3, 0.4) is 0 Å². The van der Waals surface area contributed by atoms with Crippen LogP contribution in [0.4, 0.5) is 0 Å². The minimum Gasteiger partial charge on any atom is -0.294 e. The fourth-order valence-electron chi connectivity index (χ4n) is 1.22. The lowest BCUT2D eigenvalue weighted by Gasteiger charge is -2.04. The second-order valence-corrected chi connectivity index (χ2v) is 4.20. The van der Waals surface area contributed by atoms with E-state index >= 15 is 0 Å². The fraction of sp³-hybridized carbons (Fsp3) is 0.364. The van der Waals surface area contributed by atoms with Gasteiger partial charge in [0.15, 0.2) is 5.78 Å². The van der Waals surface area contributed by atoms with E-state index in [4.69, 9.17) is 11.6 Å². The van der Waals surface area contributed by atoms with Gasteiger partial charge in [-0.2, -0.15) is 0 Å². The molecule has 0 aliphatic rings. The topological polar surface area (TPSA) is 17.1 Å². The highest BCUT2D eigenvalue weighted by atomic mass is 79.9. The van der Waals surface area contributed by atoms with Crippen molar-refractivity contribution >= 4 is 33.3 Å². The number of carbonyl (C=O) groups is 1. The van der Waals surface area contributed by atoms with Gasteiger partial charge in [-0.05, 0) is 24.1 Å². The van der Waals surface area contributed by atoms with Crippen molar-refractivity contribution in [1.29, 1.82) is 0 Å². The maximum absolute atomic E-state index is 11.6. The molecule has 3 heteroatoms. The molecule has 0 unspecified atom stereocenters. The van der Waals surface area contributed by atoms with E-state index in [0.717, 1.165) is 16.7 Å². The Hall–Kier alpha value is -0.340. The second kappa shape index (κ2) is 5.52. The highest BCUT2D eigenvalue weighted by Gasteiger charge is 2.06. The molecule has 0 spiro atoms. The summed E-state index contributed by atoms with van der Waals surface area (Å²) in [4.78, 5) is 11.6. The Balaban J connectivity index is 2.94. The van der Waals surface area contributed by atoms with Crippen LogP contribution in [0.2, 0.25) is 0 Å². The van der Waals surface area contributed by atoms with E-state index in [1.165, 1.54) is 0 Å². The van der Waals surface area contributed by atoms with Crippen molar-refractivity contribution in [3.63, 3.8) is 0 Å². The highest BCUT2D eigenvalue weighted by Crippen LogP contribution is 2.15. The molecule has 1 rings (SSSR count). The first-order valence-electron chi connectivity index (χ1n) is 4.43. The average Bonchev–Trinajstić information content (AvgIpc) is 2.19. The summed E-state index contributed by atoms with van der Waals surface area (Å²) in [6, 6.07) is 5.68. The maximum Gasteiger partial charge on any atom is 0.163 e. The molecule has 0 heterocycles. The first-order valence-corrected chi connectivity index (χ1v) is 6.09. The Bertz CT molecular complexity index is 336. The number of ketones is 1. The minimum absolute atomic E-state index is 0.160. The van der Waals surface area contributed by atoms with Gasteiger partial charge in [0, 0.05) is 23.2 Å². The summed E-state index contributed by atoms with van der Waals surface area (Å²) in [5, 5.41) is 0.704. The first kappa shape index (κ1) is 11.7. The third-order valence-electron chi connectivity index (χ3n) is 2.14. The lowest BCUT2D eigenvalue weighted by Crippen LogP contribution is -2.01. The van der Waals surface area contributed by atoms with Crippen LogP contribution in [-0.4, -0.2) is 11.1 Å². The summed E-state index contributed by atoms with van der Waals surface area (Å²) in [6.45, 7) is 2.00. The normalized spacial score (nSPS) is 10.2. The van der Waals surface area contributed by atoms with Gasteiger partial charge in [-0.1, -0.05) is 28.1 Å². The summed E-state index contributed by atoms with van der Waals surface area (Å²) in [6.07, 6.45) is 0.533. The van der Waals surface area contributed by atoms with E-state index in [1.807, 2.05) is 25.1 Å². The van der Waals surface area contributed by atoms with Crippen LogP contribution in [0.1, 0.15) is 27.9 Å². The Morgan fingerprint density at radius 3 is 2.79 bits per heavy atom. The Morgan fingerprint density at radius 2 is 2.21 bits per heavy atom. The molecule has 0 aromatic heterocycles. The lowest BCUT2D eigenvalue weighted by atomic mass is 10.0. The van der Waals surface area contributed by atoms with Crippen LogP contribution in [-0.2, 0) is 5.88 Å². The van der Waals surface area contributed by atoms with E-state index in [2.05, 4.69) is 15.9 Å². The summed E-state index contributed by atoms with van der Waals surface area (Å²) < 4.78 is 0. The van der Waals surface area contributed by atoms with Gasteiger partial charge in [-0.3, -0.25) is 4.79 Å². The smallest absolute Gasteiger partial charge is 0.163 e. The molecular weight excluding hydrogens is 263 g/mol. The molecule has 1 nitrogen and oxygen atoms in total. The van der Waals surface area contributed by atoms with Crippen molar-refractivity contribution in [2.24, 2.45) is 0 Å². The molecule has 0 N–H and O–H groups in total. The standard InChI is InChI=1S/C11H12BrClO/c1-8-2-3-9(6-10(8)7-13)11(14)4-5-12/h2-3,6H,4-5,7H2,1H3. The van der Waals surface area contributed by atoms with Gasteiger partial charge in [0.2, 0.25) is 0 Å². The van der Waals surface area contributed by atoms with Crippen LogP contribution in [0.5, 0.6) is 0 Å². The molecule has 0 bridgehead atoms. The van der Waals surface area contributed by atoms with Crippen molar-refractivity contribution in [3.8, 4) is 0 Å². The number of carbonyl (C=O) groups excluding carboxylic acids is 1. The highest BCUT2D eigenvalue weighted by molar-refractivity contribution is 9.09. The first-order chi connectivity index (χ1) is 6.69. The third-order valence-corrected chi connectivity index (χ3v) is 2.82. The van der Waals surface area contributed by atoms with Gasteiger partial charge >= 0.3 is 0 Å². The maximum atomic E-state index is 11.6. The molecule has 14 heavy (non-hydrogen) atoms. The number of Topliss-reactive ketones (excluding diaryl/α,β-unsaturated/α-hetero) is 1. The van der Waals surface area contributed by atoms with E-state index in [9.17, 15) is 4.79 Å². The third kappa shape index (κ3) is 2.82. The summed E-state index contributed by atoms with van der Waals surface area (Å²) >= 11 is 9.02. The number of aryl methyl sites for hydroxylation is 1. The van der Waals surface area contributed by atoms with E-state index in [-0.39, 0.29) is 5.78 Å². The summed E-state index contributed by atoms with van der Waals surface area (Å²) in [7, 11) is 0. The molecule has 0 aliphatic carbocycles. The largest absolute Gasteiger partial charge is 0.294 e. The number of rotatable bonds is 4. The molecule has 0 aliphatic heterocycles. The molecule has 0 amide bonds. The molecule has 1 aromatic rings. The monoisotopic (exact) mass is 274 g/mol. The zero-order chi connectivity index (χ0) is 10.6. The Morgan fingerprint density at radius 1 is 1.50 bits per heavy atom. The van der Waals surface area contributed by atoms with Crippen molar-refractivity contribution in [1.82, 2.24) is 0 Å². The van der Waals surface area contributed by atoms with Gasteiger partial charge in [-0.15, -0.1) is 11.6 Å². The number of hydrogen-bond acceptors (Lipinski definition) is 1. The molecular formula is C11H12BrClO. The Kier molecular flexibility index (Phi) is 4.63. The van der Waals surface area contributed by atoms with Crippen LogP contribution in [0.15, 0.2) is 18.2 Å². The van der Waals surface area contributed by atoms with Crippen LogP contribution in [0, 0.1) is 6.92 Å². The van der Waals surface area contributed by atoms with Crippen LogP contribution >= 0.6 is 27.5 Å². The average molecular weight is 276 g/mol. The molecule has 76 valence electrons. The number of alkyl halides is 2. The van der Waals surface area contributed by atoms with Gasteiger partial charge in [-0.25, -0.2) is 0 Å². The zero-order valence-electron chi connectivity index (χ0n) is 8.02. The molecule has 0 radical (unpaired) electrons. The van der Waals surface area contributed by atoms with Crippen molar-refractivity contribution in [2.75, 3.05) is 5.33 Å². The SMILES string of the molecule is Cc1ccc(C(=O)CCBr)cc1CCl. The van der Waals surface area contributed by atoms with Crippen molar-refractivity contribution in [3.05, 3.63) is 34.9 Å².